The molecule has 0 saturated heterocycles. The fourth-order valence-corrected chi connectivity index (χ4v) is 3.25. The van der Waals surface area contributed by atoms with Crippen LogP contribution in [0.1, 0.15) is 18.9 Å². The predicted octanol–water partition coefficient (Wildman–Crippen LogP) is 3.07. The molecule has 1 heterocycles. The average molecular weight is 309 g/mol. The molecule has 0 aromatic heterocycles. The number of rotatable bonds is 4. The summed E-state index contributed by atoms with van der Waals surface area (Å²) in [4.78, 5) is 16.8. The Bertz CT molecular complexity index is 684. The Morgan fingerprint density at radius 2 is 1.96 bits per heavy atom. The van der Waals surface area contributed by atoms with E-state index in [0.29, 0.717) is 13.1 Å². The van der Waals surface area contributed by atoms with Crippen LogP contribution in [0.5, 0.6) is 0 Å². The molecule has 0 saturated carbocycles. The Labute approximate surface area is 137 Å². The first-order chi connectivity index (χ1) is 11.2. The molecule has 0 spiro atoms. The van der Waals surface area contributed by atoms with Gasteiger partial charge in [-0.15, -0.1) is 0 Å². The van der Waals surface area contributed by atoms with Crippen molar-refractivity contribution in [3.8, 4) is 0 Å². The topological polar surface area (TPSA) is 49.6 Å². The number of amides is 1. The smallest absolute Gasteiger partial charge is 0.246 e. The number of nitrogens with two attached hydrogens (primary N) is 1. The first kappa shape index (κ1) is 15.4. The molecule has 4 nitrogen and oxygen atoms in total. The quantitative estimate of drug-likeness (QED) is 0.883. The second-order valence-corrected chi connectivity index (χ2v) is 5.84. The van der Waals surface area contributed by atoms with Gasteiger partial charge in [-0.3, -0.25) is 4.79 Å². The van der Waals surface area contributed by atoms with Crippen molar-refractivity contribution in [2.75, 3.05) is 35.2 Å². The summed E-state index contributed by atoms with van der Waals surface area (Å²) in [6, 6.07) is 15.8. The molecule has 2 aromatic carbocycles. The summed E-state index contributed by atoms with van der Waals surface area (Å²) in [6.07, 6.45) is 2.02. The van der Waals surface area contributed by atoms with Crippen LogP contribution in [0.4, 0.5) is 17.1 Å². The molecule has 120 valence electrons. The molecule has 2 N–H and O–H groups in total. The van der Waals surface area contributed by atoms with Crippen molar-refractivity contribution < 1.29 is 4.79 Å². The summed E-state index contributed by atoms with van der Waals surface area (Å²) in [5.41, 5.74) is 10.1. The van der Waals surface area contributed by atoms with Gasteiger partial charge in [0.1, 0.15) is 0 Å². The van der Waals surface area contributed by atoms with Gasteiger partial charge in [-0.1, -0.05) is 24.3 Å². The number of likely N-dealkylation sites (N-methyl/N-ethyl adjacent to an activating group) is 1. The Morgan fingerprint density at radius 1 is 1.17 bits per heavy atom. The third kappa shape index (κ3) is 3.16. The van der Waals surface area contributed by atoms with Crippen LogP contribution in [0.2, 0.25) is 0 Å². The fourth-order valence-electron chi connectivity index (χ4n) is 3.25. The standard InChI is InChI=1S/C19H23N3O/c1-2-22(15-8-4-3-5-9-15)19(23)14-21-13-7-10-16-17(20)11-6-12-18(16)21/h3-6,8-9,11-12H,2,7,10,13-14,20H2,1H3. The predicted molar refractivity (Wildman–Crippen MR) is 95.9 cm³/mol. The monoisotopic (exact) mass is 309 g/mol. The number of anilines is 3. The van der Waals surface area contributed by atoms with Crippen LogP contribution in [0.3, 0.4) is 0 Å². The Kier molecular flexibility index (Phi) is 4.51. The van der Waals surface area contributed by atoms with Crippen molar-refractivity contribution in [3.05, 3.63) is 54.1 Å². The van der Waals surface area contributed by atoms with Crippen molar-refractivity contribution in [1.82, 2.24) is 0 Å². The highest BCUT2D eigenvalue weighted by Gasteiger charge is 2.23. The maximum Gasteiger partial charge on any atom is 0.246 e. The van der Waals surface area contributed by atoms with Crippen LogP contribution in [-0.2, 0) is 11.2 Å². The highest BCUT2D eigenvalue weighted by atomic mass is 16.2. The fraction of sp³-hybridized carbons (Fsp3) is 0.316. The molecule has 3 rings (SSSR count). The van der Waals surface area contributed by atoms with E-state index in [1.165, 1.54) is 5.56 Å². The number of para-hydroxylation sites is 1. The Morgan fingerprint density at radius 3 is 2.70 bits per heavy atom. The number of hydrogen-bond donors (Lipinski definition) is 1. The summed E-state index contributed by atoms with van der Waals surface area (Å²) in [5.74, 6) is 0.119. The third-order valence-corrected chi connectivity index (χ3v) is 4.39. The van der Waals surface area contributed by atoms with Gasteiger partial charge in [0, 0.05) is 30.2 Å². The van der Waals surface area contributed by atoms with E-state index in [9.17, 15) is 4.79 Å². The molecule has 1 aliphatic heterocycles. The first-order valence-corrected chi connectivity index (χ1v) is 8.18. The number of carbonyl (C=O) groups is 1. The van der Waals surface area contributed by atoms with Gasteiger partial charge in [0.2, 0.25) is 5.91 Å². The second-order valence-electron chi connectivity index (χ2n) is 5.84. The first-order valence-electron chi connectivity index (χ1n) is 8.18. The average Bonchev–Trinajstić information content (AvgIpc) is 2.57. The van der Waals surface area contributed by atoms with E-state index in [1.54, 1.807) is 0 Å². The van der Waals surface area contributed by atoms with Gasteiger partial charge >= 0.3 is 0 Å². The maximum absolute atomic E-state index is 12.8. The Hall–Kier alpha value is -2.49. The normalized spacial score (nSPS) is 13.5. The van der Waals surface area contributed by atoms with E-state index >= 15 is 0 Å². The van der Waals surface area contributed by atoms with Gasteiger partial charge in [0.05, 0.1) is 6.54 Å². The molecule has 1 amide bonds. The number of nitrogens with zero attached hydrogens (tertiary/aromatic N) is 2. The number of fused-ring (bicyclic) bond motifs is 1. The summed E-state index contributed by atoms with van der Waals surface area (Å²) in [5, 5.41) is 0. The van der Waals surface area contributed by atoms with Gasteiger partial charge < -0.3 is 15.5 Å². The summed E-state index contributed by atoms with van der Waals surface area (Å²) in [6.45, 7) is 3.96. The zero-order valence-corrected chi connectivity index (χ0v) is 13.5. The lowest BCUT2D eigenvalue weighted by Crippen LogP contribution is -2.42. The van der Waals surface area contributed by atoms with Crippen molar-refractivity contribution in [2.45, 2.75) is 19.8 Å². The van der Waals surface area contributed by atoms with Crippen molar-refractivity contribution in [3.63, 3.8) is 0 Å². The molecule has 0 fully saturated rings. The molecule has 2 aromatic rings. The van der Waals surface area contributed by atoms with Crippen molar-refractivity contribution in [2.24, 2.45) is 0 Å². The molecule has 0 atom stereocenters. The summed E-state index contributed by atoms with van der Waals surface area (Å²) < 4.78 is 0. The minimum atomic E-state index is 0.119. The number of benzene rings is 2. The van der Waals surface area contributed by atoms with Crippen LogP contribution < -0.4 is 15.5 Å². The molecule has 4 heteroatoms. The zero-order chi connectivity index (χ0) is 16.2. The van der Waals surface area contributed by atoms with E-state index in [-0.39, 0.29) is 5.91 Å². The van der Waals surface area contributed by atoms with E-state index in [4.69, 9.17) is 5.73 Å². The van der Waals surface area contributed by atoms with E-state index < -0.39 is 0 Å². The van der Waals surface area contributed by atoms with Gasteiger partial charge in [0.25, 0.3) is 0 Å². The lowest BCUT2D eigenvalue weighted by Gasteiger charge is -2.33. The van der Waals surface area contributed by atoms with Crippen LogP contribution in [0.15, 0.2) is 48.5 Å². The molecule has 1 aliphatic rings. The number of nitrogen functional groups attached to an aromatic ring is 1. The lowest BCUT2D eigenvalue weighted by molar-refractivity contribution is -0.117. The van der Waals surface area contributed by atoms with Crippen LogP contribution in [-0.4, -0.2) is 25.5 Å². The minimum absolute atomic E-state index is 0.119. The lowest BCUT2D eigenvalue weighted by atomic mass is 10.00. The second kappa shape index (κ2) is 6.73. The van der Waals surface area contributed by atoms with Gasteiger partial charge in [-0.2, -0.15) is 0 Å². The maximum atomic E-state index is 12.8. The van der Waals surface area contributed by atoms with Crippen molar-refractivity contribution >= 4 is 23.0 Å². The molecule has 0 unspecified atom stereocenters. The van der Waals surface area contributed by atoms with E-state index in [0.717, 1.165) is 36.4 Å². The van der Waals surface area contributed by atoms with E-state index in [1.807, 2.05) is 54.3 Å². The number of hydrogen-bond acceptors (Lipinski definition) is 3. The molecule has 0 radical (unpaired) electrons. The highest BCUT2D eigenvalue weighted by Crippen LogP contribution is 2.31. The SMILES string of the molecule is CCN(C(=O)CN1CCCc2c(N)cccc21)c1ccccc1. The van der Waals surface area contributed by atoms with Crippen LogP contribution in [0.25, 0.3) is 0 Å². The van der Waals surface area contributed by atoms with E-state index in [2.05, 4.69) is 11.0 Å². The molecular weight excluding hydrogens is 286 g/mol. The third-order valence-electron chi connectivity index (χ3n) is 4.39. The van der Waals surface area contributed by atoms with Gasteiger partial charge in [-0.25, -0.2) is 0 Å². The zero-order valence-electron chi connectivity index (χ0n) is 13.5. The molecule has 0 bridgehead atoms. The highest BCUT2D eigenvalue weighted by molar-refractivity contribution is 5.96. The van der Waals surface area contributed by atoms with Crippen LogP contribution in [0, 0.1) is 0 Å². The molecule has 23 heavy (non-hydrogen) atoms. The summed E-state index contributed by atoms with van der Waals surface area (Å²) in [7, 11) is 0. The Balaban J connectivity index is 1.80. The largest absolute Gasteiger partial charge is 0.398 e. The molecule has 0 aliphatic carbocycles. The minimum Gasteiger partial charge on any atom is -0.398 e. The van der Waals surface area contributed by atoms with Crippen LogP contribution >= 0.6 is 0 Å². The van der Waals surface area contributed by atoms with Gasteiger partial charge in [0.15, 0.2) is 0 Å². The summed E-state index contributed by atoms with van der Waals surface area (Å²) >= 11 is 0. The number of carbonyl (C=O) groups excluding carboxylic acids is 1. The van der Waals surface area contributed by atoms with Gasteiger partial charge in [-0.05, 0) is 49.6 Å². The molecular formula is C19H23N3O. The van der Waals surface area contributed by atoms with Crippen molar-refractivity contribution in [1.29, 1.82) is 0 Å².